The van der Waals surface area contributed by atoms with Crippen molar-refractivity contribution >= 4 is 34.7 Å². The average molecular weight is 394 g/mol. The van der Waals surface area contributed by atoms with E-state index in [0.717, 1.165) is 22.8 Å². The van der Waals surface area contributed by atoms with Gasteiger partial charge in [-0.1, -0.05) is 17.8 Å². The summed E-state index contributed by atoms with van der Waals surface area (Å²) < 4.78 is 28.2. The van der Waals surface area contributed by atoms with Crippen LogP contribution < -0.4 is 5.32 Å². The topological polar surface area (TPSA) is 59.8 Å². The molecule has 0 saturated carbocycles. The van der Waals surface area contributed by atoms with Crippen LogP contribution in [0.25, 0.3) is 10.7 Å². The molecule has 2 heterocycles. The van der Waals surface area contributed by atoms with Gasteiger partial charge in [0.1, 0.15) is 0 Å². The van der Waals surface area contributed by atoms with Gasteiger partial charge in [0, 0.05) is 18.3 Å². The predicted molar refractivity (Wildman–Crippen MR) is 99.3 cm³/mol. The highest BCUT2D eigenvalue weighted by molar-refractivity contribution is 8.00. The van der Waals surface area contributed by atoms with E-state index in [9.17, 15) is 13.6 Å². The number of aromatic nitrogens is 3. The Labute approximate surface area is 157 Å². The van der Waals surface area contributed by atoms with Crippen LogP contribution in [0, 0.1) is 11.6 Å². The molecule has 0 aliphatic rings. The van der Waals surface area contributed by atoms with E-state index in [2.05, 4.69) is 15.5 Å². The van der Waals surface area contributed by atoms with Gasteiger partial charge in [-0.25, -0.2) is 8.78 Å². The second kappa shape index (κ2) is 7.96. The summed E-state index contributed by atoms with van der Waals surface area (Å²) in [6, 6.07) is 7.16. The number of hydrogen-bond donors (Lipinski definition) is 1. The minimum atomic E-state index is -1.01. The van der Waals surface area contributed by atoms with Crippen LogP contribution in [0.4, 0.5) is 14.5 Å². The Morgan fingerprint density at radius 3 is 2.77 bits per heavy atom. The fraction of sp³-hybridized carbons (Fsp3) is 0.235. The lowest BCUT2D eigenvalue weighted by molar-refractivity contribution is -0.115. The second-order valence-electron chi connectivity index (χ2n) is 5.41. The third-order valence-electron chi connectivity index (χ3n) is 3.61. The molecule has 0 radical (unpaired) electrons. The van der Waals surface area contributed by atoms with Gasteiger partial charge in [-0.05, 0) is 37.4 Å². The first-order valence-electron chi connectivity index (χ1n) is 7.89. The van der Waals surface area contributed by atoms with E-state index in [0.29, 0.717) is 11.7 Å². The number of thioether (sulfide) groups is 1. The molecule has 0 spiro atoms. The molecular formula is C17H16F2N4OS2. The van der Waals surface area contributed by atoms with Crippen molar-refractivity contribution in [2.24, 2.45) is 0 Å². The molecule has 3 aromatic rings. The number of thiophene rings is 1. The molecule has 1 N–H and O–H groups in total. The van der Waals surface area contributed by atoms with E-state index in [1.54, 1.807) is 18.3 Å². The lowest BCUT2D eigenvalue weighted by Crippen LogP contribution is -2.23. The van der Waals surface area contributed by atoms with E-state index in [1.807, 2.05) is 29.0 Å². The van der Waals surface area contributed by atoms with Crippen molar-refractivity contribution in [1.82, 2.24) is 14.8 Å². The molecule has 0 bridgehead atoms. The molecule has 3 rings (SSSR count). The third-order valence-corrected chi connectivity index (χ3v) is 5.56. The normalized spacial score (nSPS) is 12.2. The minimum absolute atomic E-state index is 0.206. The molecule has 0 saturated heterocycles. The smallest absolute Gasteiger partial charge is 0.237 e. The zero-order chi connectivity index (χ0) is 18.7. The molecule has 9 heteroatoms. The maximum Gasteiger partial charge on any atom is 0.237 e. The molecule has 0 aliphatic carbocycles. The fourth-order valence-electron chi connectivity index (χ4n) is 2.28. The molecule has 26 heavy (non-hydrogen) atoms. The molecule has 1 unspecified atom stereocenters. The number of amides is 1. The number of halogens is 2. The van der Waals surface area contributed by atoms with E-state index in [4.69, 9.17) is 0 Å². The number of carbonyl (C=O) groups is 1. The van der Waals surface area contributed by atoms with Crippen molar-refractivity contribution in [3.63, 3.8) is 0 Å². The largest absolute Gasteiger partial charge is 0.325 e. The first kappa shape index (κ1) is 18.5. The standard InChI is InChI=1S/C17H16F2N4OS2/c1-3-23-15(14-5-4-8-25-14)21-22-17(23)26-10(2)16(24)20-11-6-7-12(18)13(19)9-11/h4-10H,3H2,1-2H3,(H,20,24). The predicted octanol–water partition coefficient (Wildman–Crippen LogP) is 4.42. The highest BCUT2D eigenvalue weighted by Gasteiger charge is 2.21. The van der Waals surface area contributed by atoms with Crippen LogP contribution >= 0.6 is 23.1 Å². The molecule has 0 fully saturated rings. The van der Waals surface area contributed by atoms with Gasteiger partial charge in [-0.3, -0.25) is 4.79 Å². The summed E-state index contributed by atoms with van der Waals surface area (Å²) in [4.78, 5) is 13.3. The maximum absolute atomic E-state index is 13.3. The summed E-state index contributed by atoms with van der Waals surface area (Å²) in [6.45, 7) is 4.37. The van der Waals surface area contributed by atoms with E-state index in [-0.39, 0.29) is 11.6 Å². The van der Waals surface area contributed by atoms with Crippen molar-refractivity contribution in [1.29, 1.82) is 0 Å². The summed E-state index contributed by atoms with van der Waals surface area (Å²) in [6.07, 6.45) is 0. The molecule has 0 aliphatic heterocycles. The van der Waals surface area contributed by atoms with Gasteiger partial charge in [0.15, 0.2) is 22.6 Å². The van der Waals surface area contributed by atoms with Crippen molar-refractivity contribution in [2.45, 2.75) is 30.8 Å². The summed E-state index contributed by atoms with van der Waals surface area (Å²) in [7, 11) is 0. The highest BCUT2D eigenvalue weighted by atomic mass is 32.2. The Morgan fingerprint density at radius 1 is 1.31 bits per heavy atom. The summed E-state index contributed by atoms with van der Waals surface area (Å²) in [5.41, 5.74) is 0.206. The van der Waals surface area contributed by atoms with Crippen LogP contribution in [0.15, 0.2) is 40.9 Å². The lowest BCUT2D eigenvalue weighted by atomic mass is 10.3. The number of rotatable bonds is 6. The molecule has 1 amide bonds. The zero-order valence-corrected chi connectivity index (χ0v) is 15.7. The molecule has 136 valence electrons. The highest BCUT2D eigenvalue weighted by Crippen LogP contribution is 2.29. The van der Waals surface area contributed by atoms with Crippen LogP contribution in [-0.2, 0) is 11.3 Å². The van der Waals surface area contributed by atoms with Gasteiger partial charge >= 0.3 is 0 Å². The quantitative estimate of drug-likeness (QED) is 0.629. The minimum Gasteiger partial charge on any atom is -0.325 e. The van der Waals surface area contributed by atoms with Crippen molar-refractivity contribution < 1.29 is 13.6 Å². The van der Waals surface area contributed by atoms with Gasteiger partial charge in [-0.2, -0.15) is 0 Å². The average Bonchev–Trinajstić information content (AvgIpc) is 3.27. The van der Waals surface area contributed by atoms with Crippen molar-refractivity contribution in [2.75, 3.05) is 5.32 Å². The van der Waals surface area contributed by atoms with E-state index >= 15 is 0 Å². The molecule has 5 nitrogen and oxygen atoms in total. The maximum atomic E-state index is 13.3. The molecule has 1 atom stereocenters. The Bertz CT molecular complexity index is 912. The SMILES string of the molecule is CCn1c(SC(C)C(=O)Nc2ccc(F)c(F)c2)nnc1-c1cccs1. The van der Waals surface area contributed by atoms with Crippen molar-refractivity contribution in [3.8, 4) is 10.7 Å². The van der Waals surface area contributed by atoms with Crippen molar-refractivity contribution in [3.05, 3.63) is 47.3 Å². The van der Waals surface area contributed by atoms with E-state index < -0.39 is 16.9 Å². The summed E-state index contributed by atoms with van der Waals surface area (Å²) >= 11 is 2.83. The van der Waals surface area contributed by atoms with Crippen LogP contribution in [-0.4, -0.2) is 25.9 Å². The van der Waals surface area contributed by atoms with E-state index in [1.165, 1.54) is 17.8 Å². The Morgan fingerprint density at radius 2 is 2.12 bits per heavy atom. The number of nitrogens with zero attached hydrogens (tertiary/aromatic N) is 3. The zero-order valence-electron chi connectivity index (χ0n) is 14.1. The number of anilines is 1. The first-order chi connectivity index (χ1) is 12.5. The first-order valence-corrected chi connectivity index (χ1v) is 9.65. The number of carbonyl (C=O) groups excluding carboxylic acids is 1. The van der Waals surface area contributed by atoms with Gasteiger partial charge < -0.3 is 9.88 Å². The van der Waals surface area contributed by atoms with Gasteiger partial charge in [0.25, 0.3) is 0 Å². The Hall–Kier alpha value is -2.26. The van der Waals surface area contributed by atoms with Gasteiger partial charge in [-0.15, -0.1) is 21.5 Å². The number of hydrogen-bond acceptors (Lipinski definition) is 5. The van der Waals surface area contributed by atoms with Crippen LogP contribution in [0.3, 0.4) is 0 Å². The monoisotopic (exact) mass is 394 g/mol. The Kier molecular flexibility index (Phi) is 5.67. The summed E-state index contributed by atoms with van der Waals surface area (Å²) in [5.74, 6) is -1.53. The van der Waals surface area contributed by atoms with Crippen LogP contribution in [0.1, 0.15) is 13.8 Å². The third kappa shape index (κ3) is 3.94. The lowest BCUT2D eigenvalue weighted by Gasteiger charge is -2.12. The van der Waals surface area contributed by atoms with Gasteiger partial charge in [0.05, 0.1) is 10.1 Å². The number of nitrogens with one attached hydrogen (secondary N) is 1. The van der Waals surface area contributed by atoms with Crippen LogP contribution in [0.5, 0.6) is 0 Å². The second-order valence-corrected chi connectivity index (χ2v) is 7.66. The summed E-state index contributed by atoms with van der Waals surface area (Å²) in [5, 5.41) is 13.1. The van der Waals surface area contributed by atoms with Crippen LogP contribution in [0.2, 0.25) is 0 Å². The molecular weight excluding hydrogens is 378 g/mol. The fourth-order valence-corrected chi connectivity index (χ4v) is 3.91. The Balaban J connectivity index is 1.72. The molecule has 1 aromatic carbocycles. The number of benzene rings is 1. The van der Waals surface area contributed by atoms with Gasteiger partial charge in [0.2, 0.25) is 5.91 Å². The molecule has 2 aromatic heterocycles.